The van der Waals surface area contributed by atoms with Crippen molar-refractivity contribution in [2.75, 3.05) is 0 Å². The lowest BCUT2D eigenvalue weighted by Crippen LogP contribution is -2.05. The van der Waals surface area contributed by atoms with E-state index in [4.69, 9.17) is 4.74 Å². The van der Waals surface area contributed by atoms with Crippen LogP contribution in [0.3, 0.4) is 0 Å². The molecule has 0 amide bonds. The molecular formula is C15H16NO2. The van der Waals surface area contributed by atoms with Crippen molar-refractivity contribution in [1.82, 2.24) is 4.98 Å². The van der Waals surface area contributed by atoms with E-state index in [0.717, 1.165) is 17.0 Å². The average Bonchev–Trinajstić information content (AvgIpc) is 2.37. The van der Waals surface area contributed by atoms with Gasteiger partial charge < -0.3 is 4.74 Å². The molecule has 0 saturated carbocycles. The molecule has 0 fully saturated rings. The lowest BCUT2D eigenvalue weighted by Gasteiger charge is -2.12. The van der Waals surface area contributed by atoms with E-state index in [9.17, 15) is 5.11 Å². The highest BCUT2D eigenvalue weighted by molar-refractivity contribution is 5.26. The number of nitrogens with zero attached hydrogens (tertiary/aromatic N) is 1. The topological polar surface area (TPSA) is 42.0 Å². The third-order valence-corrected chi connectivity index (χ3v) is 2.77. The molecule has 18 heavy (non-hydrogen) atoms. The summed E-state index contributed by atoms with van der Waals surface area (Å²) in [6.45, 7) is 4.07. The summed E-state index contributed by atoms with van der Waals surface area (Å²) in [7, 11) is 0. The highest BCUT2D eigenvalue weighted by atomic mass is 16.6. The fourth-order valence-corrected chi connectivity index (χ4v) is 1.78. The predicted molar refractivity (Wildman–Crippen MR) is 68.4 cm³/mol. The summed E-state index contributed by atoms with van der Waals surface area (Å²) in [5, 5.41) is 12.0. The van der Waals surface area contributed by atoms with Crippen LogP contribution in [0.15, 0.2) is 42.5 Å². The van der Waals surface area contributed by atoms with E-state index in [1.807, 2.05) is 50.2 Å². The van der Waals surface area contributed by atoms with Crippen LogP contribution in [0.25, 0.3) is 0 Å². The Morgan fingerprint density at radius 3 is 2.61 bits per heavy atom. The van der Waals surface area contributed by atoms with E-state index in [2.05, 4.69) is 4.98 Å². The molecule has 3 nitrogen and oxygen atoms in total. The summed E-state index contributed by atoms with van der Waals surface area (Å²) in [4.78, 5) is 4.30. The molecule has 0 aliphatic heterocycles. The van der Waals surface area contributed by atoms with Gasteiger partial charge in [-0.3, -0.25) is 4.98 Å². The number of pyridine rings is 1. The van der Waals surface area contributed by atoms with Gasteiger partial charge in [-0.15, -0.1) is 0 Å². The van der Waals surface area contributed by atoms with Gasteiger partial charge in [-0.2, -0.15) is 5.11 Å². The number of hydrogen-bond acceptors (Lipinski definition) is 2. The van der Waals surface area contributed by atoms with Crippen molar-refractivity contribution in [2.24, 2.45) is 0 Å². The minimum Gasteiger partial charge on any atom is -0.340 e. The third kappa shape index (κ3) is 3.15. The van der Waals surface area contributed by atoms with Crippen molar-refractivity contribution in [2.45, 2.75) is 26.7 Å². The van der Waals surface area contributed by atoms with Crippen LogP contribution in [0.5, 0.6) is 0 Å². The summed E-state index contributed by atoms with van der Waals surface area (Å²) in [6, 6.07) is 13.2. The zero-order valence-corrected chi connectivity index (χ0v) is 10.6. The molecule has 0 aliphatic carbocycles. The fraction of sp³-hybridized carbons (Fsp3) is 0.267. The van der Waals surface area contributed by atoms with Crippen LogP contribution in [0.4, 0.5) is 0 Å². The summed E-state index contributed by atoms with van der Waals surface area (Å²) >= 11 is 0. The van der Waals surface area contributed by atoms with Crippen LogP contribution in [0.1, 0.15) is 28.8 Å². The highest BCUT2D eigenvalue weighted by Crippen LogP contribution is 2.20. The Morgan fingerprint density at radius 2 is 1.89 bits per heavy atom. The van der Waals surface area contributed by atoms with Crippen molar-refractivity contribution in [1.29, 1.82) is 0 Å². The third-order valence-electron chi connectivity index (χ3n) is 2.77. The van der Waals surface area contributed by atoms with Gasteiger partial charge >= 0.3 is 0 Å². The molecular weight excluding hydrogens is 226 g/mol. The molecule has 0 spiro atoms. The van der Waals surface area contributed by atoms with Gasteiger partial charge in [-0.1, -0.05) is 30.3 Å². The van der Waals surface area contributed by atoms with Crippen LogP contribution < -0.4 is 0 Å². The molecule has 1 radical (unpaired) electrons. The van der Waals surface area contributed by atoms with E-state index < -0.39 is 6.29 Å². The zero-order valence-electron chi connectivity index (χ0n) is 10.6. The number of aromatic nitrogens is 1. The molecule has 1 aromatic carbocycles. The maximum atomic E-state index is 12.0. The first-order chi connectivity index (χ1) is 8.66. The highest BCUT2D eigenvalue weighted by Gasteiger charge is 2.12. The second kappa shape index (κ2) is 5.76. The van der Waals surface area contributed by atoms with Crippen LogP contribution in [0, 0.1) is 13.8 Å². The SMILES string of the molecule is Cc1cccc(COC([O])c2ccccc2C)n1. The largest absolute Gasteiger partial charge is 0.340 e. The molecule has 2 rings (SSSR count). The molecule has 93 valence electrons. The molecule has 2 aromatic rings. The van der Waals surface area contributed by atoms with Crippen molar-refractivity contribution in [3.63, 3.8) is 0 Å². The first kappa shape index (κ1) is 12.7. The first-order valence-corrected chi connectivity index (χ1v) is 5.92. The summed E-state index contributed by atoms with van der Waals surface area (Å²) in [5.74, 6) is 0. The predicted octanol–water partition coefficient (Wildman–Crippen LogP) is 3.34. The van der Waals surface area contributed by atoms with Gasteiger partial charge in [0, 0.05) is 11.3 Å². The molecule has 1 heterocycles. The lowest BCUT2D eigenvalue weighted by atomic mass is 10.1. The summed E-state index contributed by atoms with van der Waals surface area (Å²) < 4.78 is 5.33. The standard InChI is InChI=1S/C15H16NO2/c1-11-6-3-4-9-14(11)15(17)18-10-13-8-5-7-12(2)16-13/h3-9,15H,10H2,1-2H3. The molecule has 0 saturated heterocycles. The molecule has 0 N–H and O–H groups in total. The van der Waals surface area contributed by atoms with Gasteiger partial charge in [0.25, 0.3) is 0 Å². The van der Waals surface area contributed by atoms with Crippen molar-refractivity contribution < 1.29 is 9.84 Å². The van der Waals surface area contributed by atoms with E-state index in [0.29, 0.717) is 5.56 Å². The van der Waals surface area contributed by atoms with E-state index in [1.54, 1.807) is 6.07 Å². The molecule has 0 bridgehead atoms. The fourth-order valence-electron chi connectivity index (χ4n) is 1.78. The van der Waals surface area contributed by atoms with Crippen LogP contribution in [-0.2, 0) is 16.5 Å². The Kier molecular flexibility index (Phi) is 4.07. The Hall–Kier alpha value is -1.71. The molecule has 0 aliphatic rings. The monoisotopic (exact) mass is 242 g/mol. The van der Waals surface area contributed by atoms with Crippen LogP contribution >= 0.6 is 0 Å². The second-order valence-corrected chi connectivity index (χ2v) is 4.27. The minimum absolute atomic E-state index is 0.240. The quantitative estimate of drug-likeness (QED) is 0.771. The van der Waals surface area contributed by atoms with Gasteiger partial charge in [0.05, 0.1) is 12.3 Å². The molecule has 1 aromatic heterocycles. The summed E-state index contributed by atoms with van der Waals surface area (Å²) in [5.41, 5.74) is 3.35. The van der Waals surface area contributed by atoms with Gasteiger partial charge in [0.2, 0.25) is 6.29 Å². The zero-order chi connectivity index (χ0) is 13.0. The average molecular weight is 242 g/mol. The normalized spacial score (nSPS) is 12.4. The van der Waals surface area contributed by atoms with Gasteiger partial charge in [-0.05, 0) is 31.5 Å². The molecule has 1 unspecified atom stereocenters. The number of aryl methyl sites for hydroxylation is 2. The second-order valence-electron chi connectivity index (χ2n) is 4.27. The van der Waals surface area contributed by atoms with Crippen molar-refractivity contribution in [3.8, 4) is 0 Å². The van der Waals surface area contributed by atoms with Crippen molar-refractivity contribution >= 4 is 0 Å². The maximum Gasteiger partial charge on any atom is 0.218 e. The van der Waals surface area contributed by atoms with Crippen LogP contribution in [0.2, 0.25) is 0 Å². The first-order valence-electron chi connectivity index (χ1n) is 5.92. The number of ether oxygens (including phenoxy) is 1. The molecule has 3 heteroatoms. The summed E-state index contributed by atoms with van der Waals surface area (Å²) in [6.07, 6.45) is -1.16. The Labute approximate surface area is 107 Å². The number of benzene rings is 1. The van der Waals surface area contributed by atoms with E-state index >= 15 is 0 Å². The van der Waals surface area contributed by atoms with E-state index in [-0.39, 0.29) is 6.61 Å². The molecule has 1 atom stereocenters. The maximum absolute atomic E-state index is 12.0. The Balaban J connectivity index is 2.00. The van der Waals surface area contributed by atoms with Gasteiger partial charge in [0.15, 0.2) is 0 Å². The van der Waals surface area contributed by atoms with Crippen LogP contribution in [-0.4, -0.2) is 4.98 Å². The number of hydrogen-bond donors (Lipinski definition) is 0. The van der Waals surface area contributed by atoms with Gasteiger partial charge in [0.1, 0.15) is 0 Å². The smallest absolute Gasteiger partial charge is 0.218 e. The minimum atomic E-state index is -1.16. The Morgan fingerprint density at radius 1 is 1.11 bits per heavy atom. The number of rotatable bonds is 4. The lowest BCUT2D eigenvalue weighted by molar-refractivity contribution is -0.153. The van der Waals surface area contributed by atoms with E-state index in [1.165, 1.54) is 0 Å². The van der Waals surface area contributed by atoms with Gasteiger partial charge in [-0.25, -0.2) is 0 Å². The Bertz CT molecular complexity index is 525. The van der Waals surface area contributed by atoms with Crippen molar-refractivity contribution in [3.05, 3.63) is 65.0 Å².